The standard InChI is InChI=1S/C17H19ClFN/c1-12-3-8-16(19)10-14(12)11-17(20-2)9-13-4-6-15(18)7-5-13/h3-8,10,17,20H,9,11H2,1-2H3. The van der Waals surface area contributed by atoms with Crippen molar-refractivity contribution in [2.45, 2.75) is 25.8 Å². The summed E-state index contributed by atoms with van der Waals surface area (Å²) in [6.45, 7) is 2.02. The van der Waals surface area contributed by atoms with Crippen LogP contribution in [0.25, 0.3) is 0 Å². The molecule has 0 aliphatic heterocycles. The van der Waals surface area contributed by atoms with Gasteiger partial charge in [0, 0.05) is 11.1 Å². The van der Waals surface area contributed by atoms with E-state index in [2.05, 4.69) is 5.32 Å². The Morgan fingerprint density at radius 2 is 1.80 bits per heavy atom. The third-order valence-corrected chi connectivity index (χ3v) is 3.83. The maximum absolute atomic E-state index is 13.3. The van der Waals surface area contributed by atoms with Crippen LogP contribution in [-0.2, 0) is 12.8 Å². The summed E-state index contributed by atoms with van der Waals surface area (Å²) in [5.41, 5.74) is 3.41. The van der Waals surface area contributed by atoms with E-state index >= 15 is 0 Å². The first-order chi connectivity index (χ1) is 9.58. The highest BCUT2D eigenvalue weighted by Crippen LogP contribution is 2.16. The molecule has 0 fully saturated rings. The Morgan fingerprint density at radius 1 is 1.10 bits per heavy atom. The first-order valence-electron chi connectivity index (χ1n) is 6.75. The van der Waals surface area contributed by atoms with Crippen molar-refractivity contribution in [1.29, 1.82) is 0 Å². The highest BCUT2D eigenvalue weighted by atomic mass is 35.5. The number of rotatable bonds is 5. The third-order valence-electron chi connectivity index (χ3n) is 3.58. The van der Waals surface area contributed by atoms with Crippen molar-refractivity contribution in [1.82, 2.24) is 5.32 Å². The number of hydrogen-bond donors (Lipinski definition) is 1. The molecule has 0 radical (unpaired) electrons. The fourth-order valence-electron chi connectivity index (χ4n) is 2.31. The average Bonchev–Trinajstić information content (AvgIpc) is 2.44. The molecule has 0 spiro atoms. The normalized spacial score (nSPS) is 12.4. The van der Waals surface area contributed by atoms with Gasteiger partial charge in [0.05, 0.1) is 0 Å². The van der Waals surface area contributed by atoms with Gasteiger partial charge in [0.15, 0.2) is 0 Å². The number of hydrogen-bond acceptors (Lipinski definition) is 1. The molecule has 1 atom stereocenters. The molecule has 0 heterocycles. The molecular weight excluding hydrogens is 273 g/mol. The predicted molar refractivity (Wildman–Crippen MR) is 82.8 cm³/mol. The van der Waals surface area contributed by atoms with Gasteiger partial charge in [-0.1, -0.05) is 29.8 Å². The predicted octanol–water partition coefficient (Wildman–Crippen LogP) is 4.16. The molecule has 1 N–H and O–H groups in total. The van der Waals surface area contributed by atoms with Gasteiger partial charge in [-0.3, -0.25) is 0 Å². The van der Waals surface area contributed by atoms with Crippen molar-refractivity contribution in [3.05, 3.63) is 70.0 Å². The quantitative estimate of drug-likeness (QED) is 0.872. The fraction of sp³-hybridized carbons (Fsp3) is 0.294. The van der Waals surface area contributed by atoms with Crippen molar-refractivity contribution < 1.29 is 4.39 Å². The summed E-state index contributed by atoms with van der Waals surface area (Å²) in [6.07, 6.45) is 1.70. The highest BCUT2D eigenvalue weighted by Gasteiger charge is 2.11. The molecule has 3 heteroatoms. The number of aryl methyl sites for hydroxylation is 1. The molecule has 0 bridgehead atoms. The van der Waals surface area contributed by atoms with E-state index in [0.29, 0.717) is 0 Å². The molecule has 0 saturated heterocycles. The van der Waals surface area contributed by atoms with E-state index in [0.717, 1.165) is 29.0 Å². The summed E-state index contributed by atoms with van der Waals surface area (Å²) in [5.74, 6) is -0.174. The summed E-state index contributed by atoms with van der Waals surface area (Å²) >= 11 is 5.89. The van der Waals surface area contributed by atoms with E-state index in [4.69, 9.17) is 11.6 Å². The van der Waals surface area contributed by atoms with E-state index in [1.807, 2.05) is 44.3 Å². The lowest BCUT2D eigenvalue weighted by molar-refractivity contribution is 0.551. The Kier molecular flexibility index (Phi) is 5.16. The third kappa shape index (κ3) is 4.06. The van der Waals surface area contributed by atoms with Gasteiger partial charge in [0.2, 0.25) is 0 Å². The zero-order valence-corrected chi connectivity index (χ0v) is 12.5. The van der Waals surface area contributed by atoms with Crippen LogP contribution in [0, 0.1) is 12.7 Å². The van der Waals surface area contributed by atoms with Gasteiger partial charge < -0.3 is 5.32 Å². The lowest BCUT2D eigenvalue weighted by Crippen LogP contribution is -2.30. The van der Waals surface area contributed by atoms with Gasteiger partial charge in [0.25, 0.3) is 0 Å². The van der Waals surface area contributed by atoms with Gasteiger partial charge in [-0.2, -0.15) is 0 Å². The van der Waals surface area contributed by atoms with Crippen molar-refractivity contribution in [2.75, 3.05) is 7.05 Å². The largest absolute Gasteiger partial charge is 0.316 e. The number of halogens is 2. The van der Waals surface area contributed by atoms with Crippen LogP contribution in [0.4, 0.5) is 4.39 Å². The lowest BCUT2D eigenvalue weighted by Gasteiger charge is -2.18. The minimum absolute atomic E-state index is 0.174. The van der Waals surface area contributed by atoms with E-state index in [-0.39, 0.29) is 11.9 Å². The van der Waals surface area contributed by atoms with E-state index in [1.165, 1.54) is 11.6 Å². The number of benzene rings is 2. The Balaban J connectivity index is 2.08. The van der Waals surface area contributed by atoms with Crippen molar-refractivity contribution in [3.8, 4) is 0 Å². The summed E-state index contributed by atoms with van der Waals surface area (Å²) in [6, 6.07) is 13.1. The molecular formula is C17H19ClFN. The summed E-state index contributed by atoms with van der Waals surface area (Å²) < 4.78 is 13.3. The Bertz CT molecular complexity index is 566. The Labute approximate surface area is 124 Å². The number of nitrogens with one attached hydrogen (secondary N) is 1. The maximum Gasteiger partial charge on any atom is 0.123 e. The van der Waals surface area contributed by atoms with Crippen molar-refractivity contribution in [2.24, 2.45) is 0 Å². The SMILES string of the molecule is CNC(Cc1ccc(Cl)cc1)Cc1cc(F)ccc1C. The van der Waals surface area contributed by atoms with Crippen molar-refractivity contribution >= 4 is 11.6 Å². The Hall–Kier alpha value is -1.38. The first-order valence-corrected chi connectivity index (χ1v) is 7.13. The fourth-order valence-corrected chi connectivity index (χ4v) is 2.43. The molecule has 0 amide bonds. The Morgan fingerprint density at radius 3 is 2.45 bits per heavy atom. The average molecular weight is 292 g/mol. The van der Waals surface area contributed by atoms with E-state index in [9.17, 15) is 4.39 Å². The molecule has 20 heavy (non-hydrogen) atoms. The smallest absolute Gasteiger partial charge is 0.123 e. The second-order valence-electron chi connectivity index (χ2n) is 5.09. The summed E-state index contributed by atoms with van der Waals surface area (Å²) in [7, 11) is 1.94. The van der Waals surface area contributed by atoms with Crippen LogP contribution in [0.1, 0.15) is 16.7 Å². The zero-order valence-electron chi connectivity index (χ0n) is 11.8. The summed E-state index contributed by atoms with van der Waals surface area (Å²) in [5, 5.41) is 4.05. The molecule has 0 saturated carbocycles. The first kappa shape index (κ1) is 15.0. The number of likely N-dealkylation sites (N-methyl/N-ethyl adjacent to an activating group) is 1. The molecule has 1 unspecified atom stereocenters. The monoisotopic (exact) mass is 291 g/mol. The van der Waals surface area contributed by atoms with Crippen LogP contribution in [0.2, 0.25) is 5.02 Å². The minimum atomic E-state index is -0.174. The van der Waals surface area contributed by atoms with Gasteiger partial charge in [-0.25, -0.2) is 4.39 Å². The molecule has 2 aromatic rings. The van der Waals surface area contributed by atoms with Crippen LogP contribution in [0.3, 0.4) is 0 Å². The van der Waals surface area contributed by atoms with Crippen LogP contribution < -0.4 is 5.32 Å². The maximum atomic E-state index is 13.3. The van der Waals surface area contributed by atoms with Gasteiger partial charge in [0.1, 0.15) is 5.82 Å². The van der Waals surface area contributed by atoms with E-state index < -0.39 is 0 Å². The summed E-state index contributed by atoms with van der Waals surface area (Å²) in [4.78, 5) is 0. The van der Waals surface area contributed by atoms with Crippen LogP contribution in [0.15, 0.2) is 42.5 Å². The van der Waals surface area contributed by atoms with Crippen LogP contribution in [0.5, 0.6) is 0 Å². The molecule has 2 aromatic carbocycles. The molecule has 106 valence electrons. The topological polar surface area (TPSA) is 12.0 Å². The second kappa shape index (κ2) is 6.87. The molecule has 0 aliphatic rings. The highest BCUT2D eigenvalue weighted by molar-refractivity contribution is 6.30. The van der Waals surface area contributed by atoms with E-state index in [1.54, 1.807) is 6.07 Å². The molecule has 0 aliphatic carbocycles. The van der Waals surface area contributed by atoms with Gasteiger partial charge in [-0.15, -0.1) is 0 Å². The lowest BCUT2D eigenvalue weighted by atomic mass is 9.96. The molecule has 0 aromatic heterocycles. The van der Waals surface area contributed by atoms with Gasteiger partial charge in [-0.05, 0) is 67.8 Å². The van der Waals surface area contributed by atoms with Crippen molar-refractivity contribution in [3.63, 3.8) is 0 Å². The van der Waals surface area contributed by atoms with Crippen LogP contribution >= 0.6 is 11.6 Å². The molecule has 2 rings (SSSR count). The van der Waals surface area contributed by atoms with Crippen LogP contribution in [-0.4, -0.2) is 13.1 Å². The second-order valence-corrected chi connectivity index (χ2v) is 5.53. The zero-order chi connectivity index (χ0) is 14.5. The minimum Gasteiger partial charge on any atom is -0.316 e. The molecule has 1 nitrogen and oxygen atoms in total. The van der Waals surface area contributed by atoms with Gasteiger partial charge >= 0.3 is 0 Å².